The van der Waals surface area contributed by atoms with E-state index in [1.807, 2.05) is 0 Å². The van der Waals surface area contributed by atoms with Gasteiger partial charge in [0.15, 0.2) is 0 Å². The Kier molecular flexibility index (Phi) is 3.62. The highest BCUT2D eigenvalue weighted by atomic mass is 16.6. The molecule has 2 aliphatic heterocycles. The number of piperidine rings is 1. The van der Waals surface area contributed by atoms with Crippen LogP contribution in [0, 0.1) is 6.92 Å². The van der Waals surface area contributed by atoms with Gasteiger partial charge in [-0.1, -0.05) is 10.3 Å². The summed E-state index contributed by atoms with van der Waals surface area (Å²) in [5.41, 5.74) is 1.19. The van der Waals surface area contributed by atoms with E-state index < -0.39 is 0 Å². The molecular weight excluding hydrogens is 276 g/mol. The standard InChI is InChI=1S/C13H18N4O4/c1-8-9(15-21-14-8)5-12(18)17-4-3-11-10(6-17)16(2)13(19)7-20-11/h10-11H,3-7H2,1-2H3/t10-,11-/m0/s1. The zero-order chi connectivity index (χ0) is 15.0. The third-order valence-corrected chi connectivity index (χ3v) is 4.25. The Labute approximate surface area is 122 Å². The van der Waals surface area contributed by atoms with E-state index >= 15 is 0 Å². The predicted octanol–water partition coefficient (Wildman–Crippen LogP) is -0.621. The minimum Gasteiger partial charge on any atom is -0.366 e. The number of carbonyl (C=O) groups is 2. The van der Waals surface area contributed by atoms with E-state index in [0.717, 1.165) is 6.42 Å². The summed E-state index contributed by atoms with van der Waals surface area (Å²) in [5.74, 6) is -0.0687. The van der Waals surface area contributed by atoms with Crippen molar-refractivity contribution in [1.29, 1.82) is 0 Å². The van der Waals surface area contributed by atoms with Crippen molar-refractivity contribution in [3.8, 4) is 0 Å². The van der Waals surface area contributed by atoms with Gasteiger partial charge in [0.05, 0.1) is 18.6 Å². The maximum absolute atomic E-state index is 12.4. The summed E-state index contributed by atoms with van der Waals surface area (Å²) < 4.78 is 10.2. The van der Waals surface area contributed by atoms with E-state index in [1.165, 1.54) is 0 Å². The van der Waals surface area contributed by atoms with Crippen molar-refractivity contribution in [2.75, 3.05) is 26.7 Å². The first-order valence-corrected chi connectivity index (χ1v) is 6.99. The fourth-order valence-corrected chi connectivity index (χ4v) is 2.83. The molecule has 2 fully saturated rings. The summed E-state index contributed by atoms with van der Waals surface area (Å²) in [6, 6.07) is -0.0690. The molecule has 0 aliphatic carbocycles. The Balaban J connectivity index is 1.66. The Hall–Kier alpha value is -1.96. The summed E-state index contributed by atoms with van der Waals surface area (Å²) in [6.07, 6.45) is 0.933. The van der Waals surface area contributed by atoms with Gasteiger partial charge < -0.3 is 14.5 Å². The van der Waals surface area contributed by atoms with Crippen LogP contribution in [0.4, 0.5) is 0 Å². The van der Waals surface area contributed by atoms with E-state index in [2.05, 4.69) is 14.9 Å². The molecule has 0 radical (unpaired) electrons. The van der Waals surface area contributed by atoms with Crippen molar-refractivity contribution in [2.24, 2.45) is 0 Å². The molecule has 0 N–H and O–H groups in total. The lowest BCUT2D eigenvalue weighted by Gasteiger charge is -2.45. The van der Waals surface area contributed by atoms with Gasteiger partial charge in [0, 0.05) is 20.1 Å². The average molecular weight is 294 g/mol. The Bertz CT molecular complexity index is 558. The first-order valence-electron chi connectivity index (χ1n) is 6.99. The molecule has 3 heterocycles. The summed E-state index contributed by atoms with van der Waals surface area (Å²) in [7, 11) is 1.77. The highest BCUT2D eigenvalue weighted by molar-refractivity contribution is 5.80. The van der Waals surface area contributed by atoms with Gasteiger partial charge in [-0.25, -0.2) is 4.63 Å². The molecule has 0 spiro atoms. The smallest absolute Gasteiger partial charge is 0.248 e. The van der Waals surface area contributed by atoms with E-state index in [0.29, 0.717) is 24.5 Å². The second-order valence-corrected chi connectivity index (χ2v) is 5.52. The van der Waals surface area contributed by atoms with Gasteiger partial charge >= 0.3 is 0 Å². The number of nitrogens with zero attached hydrogens (tertiary/aromatic N) is 4. The number of hydrogen-bond donors (Lipinski definition) is 0. The van der Waals surface area contributed by atoms with Crippen molar-refractivity contribution in [1.82, 2.24) is 20.1 Å². The largest absolute Gasteiger partial charge is 0.366 e. The number of likely N-dealkylation sites (tertiary alicyclic amines) is 1. The summed E-state index contributed by atoms with van der Waals surface area (Å²) in [6.45, 7) is 3.02. The van der Waals surface area contributed by atoms with Crippen LogP contribution in [0.3, 0.4) is 0 Å². The second-order valence-electron chi connectivity index (χ2n) is 5.52. The Morgan fingerprint density at radius 3 is 2.95 bits per heavy atom. The third-order valence-electron chi connectivity index (χ3n) is 4.25. The molecule has 21 heavy (non-hydrogen) atoms. The van der Waals surface area contributed by atoms with Crippen LogP contribution in [-0.4, -0.2) is 70.8 Å². The first kappa shape index (κ1) is 14.0. The fourth-order valence-electron chi connectivity index (χ4n) is 2.83. The molecule has 1 aromatic rings. The molecule has 1 aromatic heterocycles. The van der Waals surface area contributed by atoms with E-state index in [9.17, 15) is 9.59 Å². The minimum atomic E-state index is -0.0690. The number of rotatable bonds is 2. The Morgan fingerprint density at radius 1 is 1.43 bits per heavy atom. The number of aryl methyl sites for hydroxylation is 1. The molecule has 8 nitrogen and oxygen atoms in total. The summed E-state index contributed by atoms with van der Waals surface area (Å²) in [5, 5.41) is 7.41. The van der Waals surface area contributed by atoms with Crippen LogP contribution in [-0.2, 0) is 20.7 Å². The maximum atomic E-state index is 12.4. The van der Waals surface area contributed by atoms with Crippen LogP contribution in [0.2, 0.25) is 0 Å². The minimum absolute atomic E-state index is 0.0206. The van der Waals surface area contributed by atoms with E-state index in [-0.39, 0.29) is 37.0 Å². The third kappa shape index (κ3) is 2.63. The quantitative estimate of drug-likeness (QED) is 0.722. The number of fused-ring (bicyclic) bond motifs is 1. The number of hydrogen-bond acceptors (Lipinski definition) is 6. The highest BCUT2D eigenvalue weighted by Crippen LogP contribution is 2.23. The van der Waals surface area contributed by atoms with Crippen molar-refractivity contribution >= 4 is 11.8 Å². The normalized spacial score (nSPS) is 25.9. The molecule has 2 aliphatic rings. The van der Waals surface area contributed by atoms with Crippen LogP contribution in [0.1, 0.15) is 17.8 Å². The first-order chi connectivity index (χ1) is 10.1. The van der Waals surface area contributed by atoms with Crippen molar-refractivity contribution in [2.45, 2.75) is 31.9 Å². The highest BCUT2D eigenvalue weighted by Gasteiger charge is 2.39. The van der Waals surface area contributed by atoms with Crippen molar-refractivity contribution < 1.29 is 19.0 Å². The zero-order valence-electron chi connectivity index (χ0n) is 12.1. The predicted molar refractivity (Wildman–Crippen MR) is 70.2 cm³/mol. The van der Waals surface area contributed by atoms with Crippen LogP contribution in [0.15, 0.2) is 4.63 Å². The fraction of sp³-hybridized carbons (Fsp3) is 0.692. The zero-order valence-corrected chi connectivity index (χ0v) is 12.1. The van der Waals surface area contributed by atoms with Gasteiger partial charge in [-0.2, -0.15) is 0 Å². The molecule has 2 amide bonds. The summed E-state index contributed by atoms with van der Waals surface area (Å²) >= 11 is 0. The molecule has 114 valence electrons. The lowest BCUT2D eigenvalue weighted by Crippen LogP contribution is -2.61. The van der Waals surface area contributed by atoms with Gasteiger partial charge in [-0.3, -0.25) is 9.59 Å². The van der Waals surface area contributed by atoms with Crippen LogP contribution < -0.4 is 0 Å². The van der Waals surface area contributed by atoms with Crippen LogP contribution in [0.5, 0.6) is 0 Å². The molecule has 3 rings (SSSR count). The lowest BCUT2D eigenvalue weighted by atomic mass is 9.98. The maximum Gasteiger partial charge on any atom is 0.248 e. The number of aromatic nitrogens is 2. The number of carbonyl (C=O) groups excluding carboxylic acids is 2. The topological polar surface area (TPSA) is 88.8 Å². The Morgan fingerprint density at radius 2 is 2.24 bits per heavy atom. The number of amides is 2. The molecule has 0 aromatic carbocycles. The van der Waals surface area contributed by atoms with Gasteiger partial charge in [0.25, 0.3) is 0 Å². The number of morpholine rings is 1. The average Bonchev–Trinajstić information content (AvgIpc) is 2.88. The molecule has 2 saturated heterocycles. The van der Waals surface area contributed by atoms with Gasteiger partial charge in [-0.15, -0.1) is 0 Å². The van der Waals surface area contributed by atoms with Gasteiger partial charge in [0.1, 0.15) is 18.0 Å². The molecule has 0 unspecified atom stereocenters. The number of ether oxygens (including phenoxy) is 1. The molecule has 8 heteroatoms. The molecule has 0 bridgehead atoms. The van der Waals surface area contributed by atoms with E-state index in [1.54, 1.807) is 23.8 Å². The van der Waals surface area contributed by atoms with Crippen molar-refractivity contribution in [3.05, 3.63) is 11.4 Å². The molecule has 2 atom stereocenters. The number of likely N-dealkylation sites (N-methyl/N-ethyl adjacent to an activating group) is 1. The van der Waals surface area contributed by atoms with Crippen LogP contribution >= 0.6 is 0 Å². The molecular formula is C13H18N4O4. The molecule has 0 saturated carbocycles. The second kappa shape index (κ2) is 5.44. The van der Waals surface area contributed by atoms with Gasteiger partial charge in [-0.05, 0) is 13.3 Å². The lowest BCUT2D eigenvalue weighted by molar-refractivity contribution is -0.163. The SMILES string of the molecule is Cc1nonc1CC(=O)N1CC[C@@H]2OCC(=O)N(C)[C@H]2C1. The van der Waals surface area contributed by atoms with Gasteiger partial charge in [0.2, 0.25) is 11.8 Å². The monoisotopic (exact) mass is 294 g/mol. The van der Waals surface area contributed by atoms with Crippen LogP contribution in [0.25, 0.3) is 0 Å². The van der Waals surface area contributed by atoms with E-state index in [4.69, 9.17) is 4.74 Å². The van der Waals surface area contributed by atoms with Crippen molar-refractivity contribution in [3.63, 3.8) is 0 Å². The summed E-state index contributed by atoms with van der Waals surface area (Å²) in [4.78, 5) is 27.5.